The zero-order valence-corrected chi connectivity index (χ0v) is 15.9. The molecule has 6 nitrogen and oxygen atoms in total. The minimum atomic E-state index is 0.0727. The summed E-state index contributed by atoms with van der Waals surface area (Å²) in [6.45, 7) is 4.41. The van der Waals surface area contributed by atoms with E-state index in [9.17, 15) is 0 Å². The van der Waals surface area contributed by atoms with Gasteiger partial charge in [-0.15, -0.1) is 5.10 Å². The molecular formula is C21H25N5O. The third kappa shape index (κ3) is 3.35. The maximum Gasteiger partial charge on any atom is 0.241 e. The summed E-state index contributed by atoms with van der Waals surface area (Å²) in [6.07, 6.45) is 0.851. The van der Waals surface area contributed by atoms with Gasteiger partial charge in [-0.25, -0.2) is 4.68 Å². The van der Waals surface area contributed by atoms with Gasteiger partial charge in [0.25, 0.3) is 0 Å². The Kier molecular flexibility index (Phi) is 4.48. The van der Waals surface area contributed by atoms with Crippen molar-refractivity contribution < 1.29 is 4.74 Å². The van der Waals surface area contributed by atoms with Crippen molar-refractivity contribution in [1.29, 1.82) is 0 Å². The molecule has 6 heteroatoms. The standard InChI is InChI=1S/C21H25N5O/c1-13(2)14-7-9-15(10-8-14)19-12-18(16-5-4-6-17(11-16)27-3)23-21-24-20(22)25-26(19)21/h4-11,13,18-19H,12H2,1-3H3,(H3,22,23,24,25)/t18-,19+/m0/s1. The number of nitrogens with two attached hydrogens (primary N) is 1. The molecule has 0 bridgehead atoms. The summed E-state index contributed by atoms with van der Waals surface area (Å²) in [4.78, 5) is 4.38. The lowest BCUT2D eigenvalue weighted by Crippen LogP contribution is -2.28. The molecule has 2 heterocycles. The Hall–Kier alpha value is -3.02. The fourth-order valence-corrected chi connectivity index (χ4v) is 3.65. The van der Waals surface area contributed by atoms with E-state index in [1.165, 1.54) is 11.1 Å². The highest BCUT2D eigenvalue weighted by Crippen LogP contribution is 2.38. The van der Waals surface area contributed by atoms with Crippen LogP contribution in [0.25, 0.3) is 0 Å². The molecule has 0 fully saturated rings. The monoisotopic (exact) mass is 363 g/mol. The second kappa shape index (κ2) is 6.95. The van der Waals surface area contributed by atoms with Crippen molar-refractivity contribution in [2.75, 3.05) is 18.2 Å². The molecule has 0 saturated heterocycles. The second-order valence-electron chi connectivity index (χ2n) is 7.28. The first-order valence-electron chi connectivity index (χ1n) is 9.27. The predicted molar refractivity (Wildman–Crippen MR) is 107 cm³/mol. The number of anilines is 2. The smallest absolute Gasteiger partial charge is 0.241 e. The van der Waals surface area contributed by atoms with Gasteiger partial charge in [0.05, 0.1) is 19.2 Å². The maximum atomic E-state index is 5.89. The molecule has 27 heavy (non-hydrogen) atoms. The number of nitrogen functional groups attached to an aromatic ring is 1. The number of ether oxygens (including phenoxy) is 1. The number of methoxy groups -OCH3 is 1. The Morgan fingerprint density at radius 2 is 1.93 bits per heavy atom. The van der Waals surface area contributed by atoms with Crippen molar-refractivity contribution in [2.24, 2.45) is 0 Å². The van der Waals surface area contributed by atoms with Crippen LogP contribution in [0.15, 0.2) is 48.5 Å². The van der Waals surface area contributed by atoms with Crippen LogP contribution in [0.5, 0.6) is 5.75 Å². The first-order chi connectivity index (χ1) is 13.0. The van der Waals surface area contributed by atoms with Gasteiger partial charge in [0.1, 0.15) is 5.75 Å². The van der Waals surface area contributed by atoms with Gasteiger partial charge in [0.15, 0.2) is 0 Å². The predicted octanol–water partition coefficient (Wildman–Crippen LogP) is 4.14. The quantitative estimate of drug-likeness (QED) is 0.728. The van der Waals surface area contributed by atoms with Crippen LogP contribution in [0.1, 0.15) is 55.0 Å². The highest BCUT2D eigenvalue weighted by atomic mass is 16.5. The van der Waals surface area contributed by atoms with Gasteiger partial charge in [-0.05, 0) is 41.2 Å². The first kappa shape index (κ1) is 17.4. The van der Waals surface area contributed by atoms with E-state index in [4.69, 9.17) is 10.5 Å². The maximum absolute atomic E-state index is 5.89. The molecule has 3 N–H and O–H groups in total. The molecule has 0 saturated carbocycles. The van der Waals surface area contributed by atoms with Crippen LogP contribution in [0.2, 0.25) is 0 Å². The van der Waals surface area contributed by atoms with Crippen molar-refractivity contribution in [3.8, 4) is 5.75 Å². The molecular weight excluding hydrogens is 338 g/mol. The van der Waals surface area contributed by atoms with E-state index in [0.29, 0.717) is 11.9 Å². The molecule has 1 aliphatic rings. The van der Waals surface area contributed by atoms with Crippen molar-refractivity contribution in [3.63, 3.8) is 0 Å². The largest absolute Gasteiger partial charge is 0.497 e. The van der Waals surface area contributed by atoms with Crippen LogP contribution in [0.4, 0.5) is 11.9 Å². The third-order valence-electron chi connectivity index (χ3n) is 5.19. The van der Waals surface area contributed by atoms with E-state index in [-0.39, 0.29) is 18.0 Å². The summed E-state index contributed by atoms with van der Waals surface area (Å²) in [5, 5.41) is 7.89. The van der Waals surface area contributed by atoms with Crippen molar-refractivity contribution in [2.45, 2.75) is 38.3 Å². The fraction of sp³-hybridized carbons (Fsp3) is 0.333. The molecule has 0 spiro atoms. The molecule has 0 unspecified atom stereocenters. The van der Waals surface area contributed by atoms with Crippen LogP contribution in [-0.2, 0) is 0 Å². The summed E-state index contributed by atoms with van der Waals surface area (Å²) >= 11 is 0. The Labute approximate surface area is 159 Å². The van der Waals surface area contributed by atoms with Crippen LogP contribution < -0.4 is 15.8 Å². The zero-order valence-electron chi connectivity index (χ0n) is 15.9. The van der Waals surface area contributed by atoms with Gasteiger partial charge in [-0.3, -0.25) is 0 Å². The summed E-state index contributed by atoms with van der Waals surface area (Å²) in [5.41, 5.74) is 9.58. The number of aromatic nitrogens is 3. The summed E-state index contributed by atoms with van der Waals surface area (Å²) in [7, 11) is 1.68. The average molecular weight is 363 g/mol. The Bertz CT molecular complexity index is 932. The molecule has 1 aliphatic heterocycles. The summed E-state index contributed by atoms with van der Waals surface area (Å²) < 4.78 is 7.28. The van der Waals surface area contributed by atoms with Gasteiger partial charge in [-0.2, -0.15) is 4.98 Å². The van der Waals surface area contributed by atoms with Crippen molar-refractivity contribution in [1.82, 2.24) is 14.8 Å². The summed E-state index contributed by atoms with van der Waals surface area (Å²) in [5.74, 6) is 2.34. The Morgan fingerprint density at radius 3 is 2.63 bits per heavy atom. The topological polar surface area (TPSA) is 78.0 Å². The molecule has 0 aliphatic carbocycles. The normalized spacial score (nSPS) is 18.8. The van der Waals surface area contributed by atoms with Gasteiger partial charge >= 0.3 is 0 Å². The van der Waals surface area contributed by atoms with Crippen molar-refractivity contribution >= 4 is 11.9 Å². The van der Waals surface area contributed by atoms with E-state index in [1.54, 1.807) is 7.11 Å². The first-order valence-corrected chi connectivity index (χ1v) is 9.27. The molecule has 0 amide bonds. The lowest BCUT2D eigenvalue weighted by molar-refractivity contribution is 0.410. The van der Waals surface area contributed by atoms with Crippen LogP contribution in [0, 0.1) is 0 Å². The van der Waals surface area contributed by atoms with E-state index >= 15 is 0 Å². The number of benzene rings is 2. The lowest BCUT2D eigenvalue weighted by atomic mass is 9.92. The minimum absolute atomic E-state index is 0.0727. The van der Waals surface area contributed by atoms with Gasteiger partial charge < -0.3 is 15.8 Å². The molecule has 2 aromatic carbocycles. The zero-order chi connectivity index (χ0) is 19.0. The minimum Gasteiger partial charge on any atom is -0.497 e. The van der Waals surface area contributed by atoms with Crippen molar-refractivity contribution in [3.05, 3.63) is 65.2 Å². The number of hydrogen-bond acceptors (Lipinski definition) is 5. The number of rotatable bonds is 4. The van der Waals surface area contributed by atoms with Crippen LogP contribution >= 0.6 is 0 Å². The van der Waals surface area contributed by atoms with E-state index in [1.807, 2.05) is 16.8 Å². The van der Waals surface area contributed by atoms with Crippen LogP contribution in [-0.4, -0.2) is 21.9 Å². The number of nitrogens with zero attached hydrogens (tertiary/aromatic N) is 3. The second-order valence-corrected chi connectivity index (χ2v) is 7.28. The van der Waals surface area contributed by atoms with E-state index in [2.05, 4.69) is 65.6 Å². The van der Waals surface area contributed by atoms with Gasteiger partial charge in [0.2, 0.25) is 11.9 Å². The van der Waals surface area contributed by atoms with E-state index < -0.39 is 0 Å². The molecule has 1 aromatic heterocycles. The highest BCUT2D eigenvalue weighted by Gasteiger charge is 2.31. The third-order valence-corrected chi connectivity index (χ3v) is 5.19. The fourth-order valence-electron chi connectivity index (χ4n) is 3.65. The van der Waals surface area contributed by atoms with Gasteiger partial charge in [0, 0.05) is 0 Å². The SMILES string of the molecule is COc1cccc([C@@H]2C[C@H](c3ccc(C(C)C)cc3)n3nc(N)nc3N2)c1. The number of fused-ring (bicyclic) bond motifs is 1. The average Bonchev–Trinajstić information content (AvgIpc) is 3.07. The molecule has 3 aromatic rings. The molecule has 0 radical (unpaired) electrons. The summed E-state index contributed by atoms with van der Waals surface area (Å²) in [6, 6.07) is 17.1. The van der Waals surface area contributed by atoms with Gasteiger partial charge in [-0.1, -0.05) is 50.2 Å². The lowest BCUT2D eigenvalue weighted by Gasteiger charge is -2.32. The Morgan fingerprint density at radius 1 is 1.15 bits per heavy atom. The molecule has 4 rings (SSSR count). The number of nitrogens with one attached hydrogen (secondary N) is 1. The highest BCUT2D eigenvalue weighted by molar-refractivity contribution is 5.43. The molecule has 140 valence electrons. The molecule has 2 atom stereocenters. The van der Waals surface area contributed by atoms with E-state index in [0.717, 1.165) is 17.7 Å². The van der Waals surface area contributed by atoms with Crippen LogP contribution in [0.3, 0.4) is 0 Å². The Balaban J connectivity index is 1.71. The number of hydrogen-bond donors (Lipinski definition) is 2.